The van der Waals surface area contributed by atoms with Crippen LogP contribution < -0.4 is 10.8 Å². The molecule has 4 N–H and O–H groups in total. The predicted molar refractivity (Wildman–Crippen MR) is 111 cm³/mol. The van der Waals surface area contributed by atoms with Crippen LogP contribution in [0.15, 0.2) is 60.7 Å². The molecule has 7 nitrogen and oxygen atoms in total. The highest BCUT2D eigenvalue weighted by Crippen LogP contribution is 2.41. The van der Waals surface area contributed by atoms with E-state index in [1.54, 1.807) is 48.5 Å². The molecule has 0 spiro atoms. The number of nitrogens with one attached hydrogen (secondary N) is 2. The van der Waals surface area contributed by atoms with Gasteiger partial charge in [-0.15, -0.1) is 0 Å². The van der Waals surface area contributed by atoms with Gasteiger partial charge in [-0.25, -0.2) is 10.3 Å². The van der Waals surface area contributed by atoms with E-state index in [1.807, 2.05) is 6.07 Å². The molecule has 0 radical (unpaired) electrons. The standard InChI is InChI=1S/C23H24N2O5/c26-20(25-30)14-13-16-7-6-8-17(15-16)21(27)24-23(22(28)29,19-11-4-5-12-19)18-9-2-1-3-10-18/h1-3,6-10,13-15,19,30H,4-5,11-12H2,(H,24,27)(H,25,26)(H,28,29)/t23-/m1/s1. The van der Waals surface area contributed by atoms with Gasteiger partial charge in [0.1, 0.15) is 0 Å². The molecule has 2 amide bonds. The quantitative estimate of drug-likeness (QED) is 0.319. The first-order valence-corrected chi connectivity index (χ1v) is 9.81. The number of carbonyl (C=O) groups excluding carboxylic acids is 2. The molecule has 1 saturated carbocycles. The van der Waals surface area contributed by atoms with Crippen LogP contribution in [-0.4, -0.2) is 28.1 Å². The second-order valence-corrected chi connectivity index (χ2v) is 7.35. The molecule has 0 unspecified atom stereocenters. The Bertz CT molecular complexity index is 951. The lowest BCUT2D eigenvalue weighted by atomic mass is 9.76. The zero-order valence-corrected chi connectivity index (χ0v) is 16.4. The number of benzene rings is 2. The normalized spacial score (nSPS) is 16.2. The van der Waals surface area contributed by atoms with Gasteiger partial charge in [0, 0.05) is 11.6 Å². The van der Waals surface area contributed by atoms with E-state index in [2.05, 4.69) is 5.32 Å². The van der Waals surface area contributed by atoms with Crippen LogP contribution >= 0.6 is 0 Å². The molecule has 1 fully saturated rings. The summed E-state index contributed by atoms with van der Waals surface area (Å²) >= 11 is 0. The van der Waals surface area contributed by atoms with Crippen LogP contribution in [0, 0.1) is 5.92 Å². The van der Waals surface area contributed by atoms with Crippen molar-refractivity contribution in [3.05, 3.63) is 77.4 Å². The third-order valence-corrected chi connectivity index (χ3v) is 5.53. The average molecular weight is 408 g/mol. The number of carboxylic acids is 1. The van der Waals surface area contributed by atoms with Gasteiger partial charge in [0.15, 0.2) is 5.54 Å². The molecule has 2 aromatic rings. The first-order chi connectivity index (χ1) is 14.5. The summed E-state index contributed by atoms with van der Waals surface area (Å²) < 4.78 is 0. The van der Waals surface area contributed by atoms with Gasteiger partial charge in [-0.3, -0.25) is 14.8 Å². The van der Waals surface area contributed by atoms with Crippen LogP contribution in [0.3, 0.4) is 0 Å². The highest BCUT2D eigenvalue weighted by Gasteiger charge is 2.49. The molecule has 1 aliphatic carbocycles. The Balaban J connectivity index is 1.95. The van der Waals surface area contributed by atoms with E-state index in [1.165, 1.54) is 11.6 Å². The van der Waals surface area contributed by atoms with E-state index in [4.69, 9.17) is 5.21 Å². The zero-order valence-electron chi connectivity index (χ0n) is 16.4. The molecule has 30 heavy (non-hydrogen) atoms. The first kappa shape index (κ1) is 21.3. The van der Waals surface area contributed by atoms with Gasteiger partial charge in [-0.2, -0.15) is 0 Å². The molecule has 1 atom stereocenters. The highest BCUT2D eigenvalue weighted by molar-refractivity contribution is 5.99. The molecule has 0 bridgehead atoms. The molecule has 0 heterocycles. The summed E-state index contributed by atoms with van der Waals surface area (Å²) in [5.41, 5.74) is 1.37. The fraction of sp³-hybridized carbons (Fsp3) is 0.261. The van der Waals surface area contributed by atoms with Gasteiger partial charge < -0.3 is 10.4 Å². The van der Waals surface area contributed by atoms with Gasteiger partial charge in [0.25, 0.3) is 11.8 Å². The monoisotopic (exact) mass is 408 g/mol. The number of carboxylic acid groups (broad SMARTS) is 1. The van der Waals surface area contributed by atoms with E-state index in [-0.39, 0.29) is 11.5 Å². The summed E-state index contributed by atoms with van der Waals surface area (Å²) in [4.78, 5) is 36.9. The summed E-state index contributed by atoms with van der Waals surface area (Å²) in [5.74, 6) is -2.49. The molecule has 0 aliphatic heterocycles. The summed E-state index contributed by atoms with van der Waals surface area (Å²) in [6.45, 7) is 0. The first-order valence-electron chi connectivity index (χ1n) is 9.81. The maximum absolute atomic E-state index is 13.1. The van der Waals surface area contributed by atoms with Gasteiger partial charge in [-0.1, -0.05) is 55.3 Å². The van der Waals surface area contributed by atoms with E-state index in [0.29, 0.717) is 11.1 Å². The summed E-state index contributed by atoms with van der Waals surface area (Å²) in [6, 6.07) is 15.3. The number of hydroxylamine groups is 1. The molecule has 156 valence electrons. The number of hydrogen-bond acceptors (Lipinski definition) is 4. The van der Waals surface area contributed by atoms with Crippen molar-refractivity contribution in [3.63, 3.8) is 0 Å². The number of amides is 2. The van der Waals surface area contributed by atoms with Crippen molar-refractivity contribution < 1.29 is 24.7 Å². The number of carbonyl (C=O) groups is 3. The van der Waals surface area contributed by atoms with Gasteiger partial charge in [-0.05, 0) is 48.1 Å². The Labute approximate surface area is 174 Å². The minimum absolute atomic E-state index is 0.210. The number of rotatable bonds is 7. The van der Waals surface area contributed by atoms with Crippen molar-refractivity contribution in [3.8, 4) is 0 Å². The second kappa shape index (κ2) is 9.37. The van der Waals surface area contributed by atoms with Gasteiger partial charge in [0.2, 0.25) is 0 Å². The summed E-state index contributed by atoms with van der Waals surface area (Å²) in [7, 11) is 0. The van der Waals surface area contributed by atoms with Crippen LogP contribution in [0.2, 0.25) is 0 Å². The van der Waals surface area contributed by atoms with Crippen molar-refractivity contribution in [2.45, 2.75) is 31.2 Å². The highest BCUT2D eigenvalue weighted by atomic mass is 16.5. The van der Waals surface area contributed by atoms with Crippen LogP contribution in [0.1, 0.15) is 47.2 Å². The Morgan fingerprint density at radius 2 is 1.70 bits per heavy atom. The maximum Gasteiger partial charge on any atom is 0.334 e. The molecule has 0 saturated heterocycles. The predicted octanol–water partition coefficient (Wildman–Crippen LogP) is 3.11. The molecular formula is C23H24N2O5. The summed E-state index contributed by atoms with van der Waals surface area (Å²) in [5, 5.41) is 21.7. The van der Waals surface area contributed by atoms with Gasteiger partial charge in [0.05, 0.1) is 0 Å². The Hall–Kier alpha value is -3.45. The average Bonchev–Trinajstić information content (AvgIpc) is 3.31. The topological polar surface area (TPSA) is 116 Å². The van der Waals surface area contributed by atoms with Crippen LogP contribution in [0.4, 0.5) is 0 Å². The number of aliphatic carboxylic acids is 1. The van der Waals surface area contributed by atoms with Crippen molar-refractivity contribution in [2.75, 3.05) is 0 Å². The minimum atomic E-state index is -1.52. The molecular weight excluding hydrogens is 384 g/mol. The largest absolute Gasteiger partial charge is 0.479 e. The molecule has 0 aromatic heterocycles. The van der Waals surface area contributed by atoms with Gasteiger partial charge >= 0.3 is 5.97 Å². The van der Waals surface area contributed by atoms with E-state index < -0.39 is 23.3 Å². The van der Waals surface area contributed by atoms with Crippen molar-refractivity contribution >= 4 is 23.9 Å². The minimum Gasteiger partial charge on any atom is -0.479 e. The van der Waals surface area contributed by atoms with Crippen LogP contribution in [0.5, 0.6) is 0 Å². The zero-order chi connectivity index (χ0) is 21.6. The van der Waals surface area contributed by atoms with Crippen LogP contribution in [-0.2, 0) is 15.1 Å². The van der Waals surface area contributed by atoms with E-state index in [0.717, 1.165) is 31.8 Å². The molecule has 2 aromatic carbocycles. The van der Waals surface area contributed by atoms with E-state index in [9.17, 15) is 19.5 Å². The lowest BCUT2D eigenvalue weighted by Crippen LogP contribution is -2.56. The fourth-order valence-corrected chi connectivity index (χ4v) is 4.07. The summed E-state index contributed by atoms with van der Waals surface area (Å²) in [6.07, 6.45) is 5.87. The van der Waals surface area contributed by atoms with Crippen molar-refractivity contribution in [1.82, 2.24) is 10.8 Å². The maximum atomic E-state index is 13.1. The fourth-order valence-electron chi connectivity index (χ4n) is 4.07. The lowest BCUT2D eigenvalue weighted by molar-refractivity contribution is -0.147. The van der Waals surface area contributed by atoms with Crippen LogP contribution in [0.25, 0.3) is 6.08 Å². The second-order valence-electron chi connectivity index (χ2n) is 7.35. The van der Waals surface area contributed by atoms with Crippen molar-refractivity contribution in [1.29, 1.82) is 0 Å². The smallest absolute Gasteiger partial charge is 0.334 e. The lowest BCUT2D eigenvalue weighted by Gasteiger charge is -2.36. The van der Waals surface area contributed by atoms with Crippen molar-refractivity contribution in [2.24, 2.45) is 5.92 Å². The third-order valence-electron chi connectivity index (χ3n) is 5.53. The third kappa shape index (κ3) is 4.41. The number of hydrogen-bond donors (Lipinski definition) is 4. The Morgan fingerprint density at radius 3 is 2.33 bits per heavy atom. The molecule has 1 aliphatic rings. The van der Waals surface area contributed by atoms with E-state index >= 15 is 0 Å². The Morgan fingerprint density at radius 1 is 1.00 bits per heavy atom. The molecule has 7 heteroatoms. The Kier molecular flexibility index (Phi) is 6.64. The molecule has 3 rings (SSSR count). The SMILES string of the molecule is O=C(C=Cc1cccc(C(=O)N[C@](C(=O)O)(c2ccccc2)C2CCCC2)c1)NO.